The average Bonchev–Trinajstić information content (AvgIpc) is 3.26. The van der Waals surface area contributed by atoms with Crippen molar-refractivity contribution < 1.29 is 34.4 Å². The third-order valence-electron chi connectivity index (χ3n) is 5.25. The van der Waals surface area contributed by atoms with Crippen molar-refractivity contribution in [2.75, 3.05) is 0 Å². The van der Waals surface area contributed by atoms with Crippen LogP contribution in [0.2, 0.25) is 0 Å². The summed E-state index contributed by atoms with van der Waals surface area (Å²) in [4.78, 5) is 25.1. The number of thiophene rings is 1. The molecule has 0 saturated heterocycles. The fraction of sp³-hybridized carbons (Fsp3) is 0.0909. The highest BCUT2D eigenvalue weighted by Crippen LogP contribution is 2.47. The first kappa shape index (κ1) is 19.0. The molecule has 1 unspecified atom stereocenters. The zero-order valence-corrected chi connectivity index (χ0v) is 16.5. The molecule has 8 nitrogen and oxygen atoms in total. The Morgan fingerprint density at radius 2 is 1.77 bits per heavy atom. The van der Waals surface area contributed by atoms with E-state index in [0.29, 0.717) is 5.56 Å². The predicted octanol–water partition coefficient (Wildman–Crippen LogP) is 3.78. The molecule has 9 heteroatoms. The van der Waals surface area contributed by atoms with Crippen LogP contribution in [0.25, 0.3) is 22.3 Å². The van der Waals surface area contributed by atoms with Crippen molar-refractivity contribution in [2.45, 2.75) is 12.3 Å². The molecular formula is C22H14O8S. The molecule has 1 aliphatic rings. The number of hydrogen-bond acceptors (Lipinski definition) is 9. The van der Waals surface area contributed by atoms with E-state index in [-0.39, 0.29) is 40.2 Å². The van der Waals surface area contributed by atoms with Gasteiger partial charge in [0.2, 0.25) is 11.2 Å². The van der Waals surface area contributed by atoms with Gasteiger partial charge in [0.25, 0.3) is 0 Å². The lowest BCUT2D eigenvalue weighted by Crippen LogP contribution is -2.21. The number of carbonyl (C=O) groups excluding carboxylic acids is 1. The van der Waals surface area contributed by atoms with Crippen LogP contribution in [0.4, 0.5) is 0 Å². The molecule has 2 aromatic carbocycles. The minimum absolute atomic E-state index is 0.00350. The van der Waals surface area contributed by atoms with E-state index in [9.17, 15) is 30.0 Å². The Balaban J connectivity index is 1.87. The van der Waals surface area contributed by atoms with Crippen LogP contribution in [0, 0.1) is 0 Å². The molecule has 4 N–H and O–H groups in total. The highest BCUT2D eigenvalue weighted by Gasteiger charge is 2.34. The van der Waals surface area contributed by atoms with Crippen molar-refractivity contribution >= 4 is 28.3 Å². The lowest BCUT2D eigenvalue weighted by Gasteiger charge is -2.25. The largest absolute Gasteiger partial charge is 0.507 e. The average molecular weight is 438 g/mol. The van der Waals surface area contributed by atoms with Crippen LogP contribution in [-0.2, 0) is 4.79 Å². The molecule has 0 bridgehead atoms. The SMILES string of the molecule is O=C1CC(c2ccsc2)c2c(cc(O)c3c(=O)c(O)c(-c4ccc(O)c(O)c4)oc23)O1. The van der Waals surface area contributed by atoms with Gasteiger partial charge in [-0.2, -0.15) is 11.3 Å². The highest BCUT2D eigenvalue weighted by molar-refractivity contribution is 7.08. The van der Waals surface area contributed by atoms with Crippen molar-refractivity contribution in [3.8, 4) is 40.1 Å². The van der Waals surface area contributed by atoms with Crippen molar-refractivity contribution in [1.82, 2.24) is 0 Å². The van der Waals surface area contributed by atoms with Gasteiger partial charge in [-0.05, 0) is 40.6 Å². The van der Waals surface area contributed by atoms with E-state index in [1.54, 1.807) is 0 Å². The smallest absolute Gasteiger partial charge is 0.312 e. The molecule has 156 valence electrons. The van der Waals surface area contributed by atoms with Crippen LogP contribution in [0.15, 0.2) is 50.3 Å². The van der Waals surface area contributed by atoms with Gasteiger partial charge in [0.05, 0.1) is 6.42 Å². The van der Waals surface area contributed by atoms with E-state index in [4.69, 9.17) is 9.15 Å². The first-order valence-electron chi connectivity index (χ1n) is 9.16. The molecule has 0 fully saturated rings. The molecule has 0 saturated carbocycles. The Hall–Kier alpha value is -3.98. The number of fused-ring (bicyclic) bond motifs is 3. The second kappa shape index (κ2) is 6.78. The monoisotopic (exact) mass is 438 g/mol. The van der Waals surface area contributed by atoms with Crippen LogP contribution in [0.1, 0.15) is 23.5 Å². The summed E-state index contributed by atoms with van der Waals surface area (Å²) in [7, 11) is 0. The maximum Gasteiger partial charge on any atom is 0.312 e. The van der Waals surface area contributed by atoms with Gasteiger partial charge >= 0.3 is 5.97 Å². The maximum atomic E-state index is 13.0. The normalized spacial score (nSPS) is 15.6. The lowest BCUT2D eigenvalue weighted by atomic mass is 9.86. The number of hydrogen-bond donors (Lipinski definition) is 4. The van der Waals surface area contributed by atoms with Gasteiger partial charge in [-0.25, -0.2) is 0 Å². The van der Waals surface area contributed by atoms with Gasteiger partial charge in [0.1, 0.15) is 22.5 Å². The van der Waals surface area contributed by atoms with Crippen molar-refractivity contribution in [2.24, 2.45) is 0 Å². The minimum Gasteiger partial charge on any atom is -0.507 e. The molecule has 0 radical (unpaired) electrons. The second-order valence-electron chi connectivity index (χ2n) is 7.11. The van der Waals surface area contributed by atoms with E-state index in [1.165, 1.54) is 23.5 Å². The fourth-order valence-electron chi connectivity index (χ4n) is 3.80. The minimum atomic E-state index is -0.884. The number of phenolic OH excluding ortho intramolecular Hbond substituents is 3. The quantitative estimate of drug-likeness (QED) is 0.211. The van der Waals surface area contributed by atoms with Gasteiger partial charge in [0, 0.05) is 23.1 Å². The molecule has 3 heterocycles. The number of carbonyl (C=O) groups is 1. The standard InChI is InChI=1S/C22H14O8S/c23-12-2-1-9(5-13(12)24)21-20(28)19(27)18-14(25)7-15-17(22(18)30-21)11(6-16(26)29-15)10-3-4-31-8-10/h1-5,7-8,11,23-25,28H,6H2. The van der Waals surface area contributed by atoms with E-state index in [1.807, 2.05) is 16.8 Å². The molecule has 1 aliphatic heterocycles. The first-order valence-corrected chi connectivity index (χ1v) is 10.1. The van der Waals surface area contributed by atoms with Crippen LogP contribution >= 0.6 is 11.3 Å². The van der Waals surface area contributed by atoms with E-state index < -0.39 is 34.6 Å². The Bertz CT molecular complexity index is 1420. The molecule has 0 amide bonds. The number of aromatic hydroxyl groups is 4. The molecule has 1 atom stereocenters. The third kappa shape index (κ3) is 2.89. The van der Waals surface area contributed by atoms with E-state index in [0.717, 1.165) is 17.7 Å². The number of esters is 1. The number of rotatable bonds is 2. The van der Waals surface area contributed by atoms with Crippen molar-refractivity contribution in [1.29, 1.82) is 0 Å². The molecule has 5 rings (SSSR count). The molecular weight excluding hydrogens is 424 g/mol. The number of benzene rings is 2. The Kier molecular flexibility index (Phi) is 4.16. The topological polar surface area (TPSA) is 137 Å². The van der Waals surface area contributed by atoms with Gasteiger partial charge in [0.15, 0.2) is 17.3 Å². The molecule has 31 heavy (non-hydrogen) atoms. The van der Waals surface area contributed by atoms with Gasteiger partial charge in [-0.15, -0.1) is 0 Å². The lowest BCUT2D eigenvalue weighted by molar-refractivity contribution is -0.135. The number of ether oxygens (including phenoxy) is 1. The summed E-state index contributed by atoms with van der Waals surface area (Å²) >= 11 is 1.44. The summed E-state index contributed by atoms with van der Waals surface area (Å²) in [6, 6.07) is 6.67. The molecule has 2 aromatic heterocycles. The first-order chi connectivity index (χ1) is 14.8. The Morgan fingerprint density at radius 1 is 0.968 bits per heavy atom. The van der Waals surface area contributed by atoms with Crippen molar-refractivity contribution in [3.05, 3.63) is 62.4 Å². The van der Waals surface area contributed by atoms with Gasteiger partial charge in [-0.3, -0.25) is 9.59 Å². The Labute approximate surface area is 177 Å². The van der Waals surface area contributed by atoms with Gasteiger partial charge < -0.3 is 29.6 Å². The van der Waals surface area contributed by atoms with Crippen LogP contribution in [0.3, 0.4) is 0 Å². The van der Waals surface area contributed by atoms with Crippen LogP contribution in [-0.4, -0.2) is 26.4 Å². The van der Waals surface area contributed by atoms with E-state index in [2.05, 4.69) is 0 Å². The maximum absolute atomic E-state index is 13.0. The summed E-state index contributed by atoms with van der Waals surface area (Å²) in [6.07, 6.45) is 0.00350. The summed E-state index contributed by atoms with van der Waals surface area (Å²) in [5, 5.41) is 43.8. The molecule has 0 aliphatic carbocycles. The summed E-state index contributed by atoms with van der Waals surface area (Å²) in [6.45, 7) is 0. The zero-order chi connectivity index (χ0) is 21.9. The van der Waals surface area contributed by atoms with Crippen molar-refractivity contribution in [3.63, 3.8) is 0 Å². The molecule has 0 spiro atoms. The fourth-order valence-corrected chi connectivity index (χ4v) is 4.51. The second-order valence-corrected chi connectivity index (χ2v) is 7.89. The Morgan fingerprint density at radius 3 is 2.48 bits per heavy atom. The predicted molar refractivity (Wildman–Crippen MR) is 111 cm³/mol. The number of phenols is 3. The van der Waals surface area contributed by atoms with Crippen LogP contribution in [0.5, 0.6) is 28.7 Å². The highest BCUT2D eigenvalue weighted by atomic mass is 32.1. The summed E-state index contributed by atoms with van der Waals surface area (Å²) < 4.78 is 11.2. The van der Waals surface area contributed by atoms with E-state index >= 15 is 0 Å². The summed E-state index contributed by atoms with van der Waals surface area (Å²) in [5.74, 6) is -3.31. The van der Waals surface area contributed by atoms with Crippen LogP contribution < -0.4 is 10.2 Å². The molecule has 4 aromatic rings. The van der Waals surface area contributed by atoms with Gasteiger partial charge in [-0.1, -0.05) is 0 Å². The third-order valence-corrected chi connectivity index (χ3v) is 5.95. The summed E-state index contributed by atoms with van der Waals surface area (Å²) in [5.41, 5.74) is 0.416. The zero-order valence-electron chi connectivity index (χ0n) is 15.7.